The van der Waals surface area contributed by atoms with Crippen LogP contribution in [0.1, 0.15) is 105 Å². The molecule has 1 heterocycles. The highest BCUT2D eigenvalue weighted by molar-refractivity contribution is 5.98. The van der Waals surface area contributed by atoms with Crippen LogP contribution in [0, 0.1) is 17.8 Å². The van der Waals surface area contributed by atoms with Crippen LogP contribution in [-0.2, 0) is 19.2 Å². The summed E-state index contributed by atoms with van der Waals surface area (Å²) in [7, 11) is 0. The van der Waals surface area contributed by atoms with E-state index in [0.717, 1.165) is 0 Å². The maximum Gasteiger partial charge on any atom is 0.252 e. The van der Waals surface area contributed by atoms with E-state index >= 15 is 0 Å². The Morgan fingerprint density at radius 2 is 1.28 bits per heavy atom. The van der Waals surface area contributed by atoms with Crippen LogP contribution in [0.5, 0.6) is 0 Å². The summed E-state index contributed by atoms with van der Waals surface area (Å²) >= 11 is 0. The van der Waals surface area contributed by atoms with Gasteiger partial charge in [0.15, 0.2) is 12.4 Å². The third kappa shape index (κ3) is 14.7. The number of H-pyrrole nitrogens is 1. The number of hydrogen-bond donors (Lipinski definition) is 6. The van der Waals surface area contributed by atoms with E-state index in [1.165, 1.54) is 0 Å². The minimum absolute atomic E-state index is 0.0860. The Kier molecular flexibility index (Phi) is 18.7. The second kappa shape index (κ2) is 21.3. The quantitative estimate of drug-likeness (QED) is 0.119. The van der Waals surface area contributed by atoms with E-state index < -0.39 is 30.1 Å². The van der Waals surface area contributed by atoms with E-state index in [9.17, 15) is 24.0 Å². The molecule has 1 rings (SSSR count). The van der Waals surface area contributed by atoms with Gasteiger partial charge in [0.2, 0.25) is 23.6 Å². The summed E-state index contributed by atoms with van der Waals surface area (Å²) in [5.74, 6) is -1.29. The molecule has 0 aromatic carbocycles. The highest BCUT2D eigenvalue weighted by Crippen LogP contribution is 2.10. The van der Waals surface area contributed by atoms with Gasteiger partial charge in [-0.25, -0.2) is 4.98 Å². The van der Waals surface area contributed by atoms with Gasteiger partial charge in [0.25, 0.3) is 5.91 Å². The summed E-state index contributed by atoms with van der Waals surface area (Å²) in [5, 5.41) is 17.8. The van der Waals surface area contributed by atoms with Crippen molar-refractivity contribution < 1.29 is 29.0 Å². The lowest BCUT2D eigenvalue weighted by Gasteiger charge is -2.28. The van der Waals surface area contributed by atoms with E-state index in [4.69, 9.17) is 0 Å². The minimum Gasteiger partial charge on any atom is -0.355 e. The van der Waals surface area contributed by atoms with Crippen LogP contribution in [0.2, 0.25) is 0 Å². The maximum absolute atomic E-state index is 13.6. The molecule has 0 aliphatic carbocycles. The van der Waals surface area contributed by atoms with E-state index in [-0.39, 0.29) is 47.4 Å². The van der Waals surface area contributed by atoms with E-state index in [1.54, 1.807) is 24.5 Å². The van der Waals surface area contributed by atoms with Gasteiger partial charge in [0.05, 0.1) is 11.6 Å². The van der Waals surface area contributed by atoms with Crippen molar-refractivity contribution in [2.45, 2.75) is 125 Å². The molecule has 260 valence electrons. The highest BCUT2D eigenvalue weighted by Gasteiger charge is 2.30. The molecule has 0 fully saturated rings. The maximum atomic E-state index is 13.6. The summed E-state index contributed by atoms with van der Waals surface area (Å²) < 4.78 is 0. The summed E-state index contributed by atoms with van der Waals surface area (Å²) in [6, 6.07) is 0.146. The van der Waals surface area contributed by atoms with Crippen LogP contribution < -0.4 is 36.9 Å². The standard InChI is InChI=1S/C34H59N7O5/c1-10-13-27(39-33(45)28(19-22(6)7)40-30(42)24-14-16-35-17-15-24)32(44)38-25(18-21(4)5)20-37-26(11-2)31(43)41-29(23(8)9)34(46)36-12-3/h14-17,21-23,25-29,37H,10-13,18-20H2,1-9H3,(H,36,46)(H,38,44)(H,39,45)(H,40,42)(H,41,43)/p+1/t25?,26-,27-,28?,29?/m0/s1. The third-order valence-corrected chi connectivity index (χ3v) is 7.56. The Balaban J connectivity index is 3.00. The zero-order chi connectivity index (χ0) is 34.8. The number of likely N-dealkylation sites (N-methyl/N-ethyl adjacent to an activating group) is 1. The average Bonchev–Trinajstić information content (AvgIpc) is 2.99. The van der Waals surface area contributed by atoms with Crippen molar-refractivity contribution in [1.82, 2.24) is 31.9 Å². The highest BCUT2D eigenvalue weighted by atomic mass is 16.2. The van der Waals surface area contributed by atoms with Crippen molar-refractivity contribution in [3.8, 4) is 0 Å². The number of carbonyl (C=O) groups excluding carboxylic acids is 5. The van der Waals surface area contributed by atoms with Crippen molar-refractivity contribution in [1.29, 1.82) is 0 Å². The molecule has 0 saturated heterocycles. The molecule has 12 heteroatoms. The number of pyridine rings is 1. The number of amides is 5. The normalized spacial score (nSPS) is 14.6. The lowest BCUT2D eigenvalue weighted by Crippen LogP contribution is -2.58. The van der Waals surface area contributed by atoms with Crippen molar-refractivity contribution in [3.05, 3.63) is 30.1 Å². The molecule has 3 unspecified atom stereocenters. The Hall–Kier alpha value is -3.54. The van der Waals surface area contributed by atoms with Gasteiger partial charge in [0, 0.05) is 31.3 Å². The van der Waals surface area contributed by atoms with Crippen molar-refractivity contribution in [3.63, 3.8) is 0 Å². The molecular formula is C34H60N7O5+. The largest absolute Gasteiger partial charge is 0.355 e. The van der Waals surface area contributed by atoms with Gasteiger partial charge in [0.1, 0.15) is 18.1 Å². The summed E-state index contributed by atoms with van der Waals surface area (Å²) in [5.41, 5.74) is 0.426. The van der Waals surface area contributed by atoms with Crippen LogP contribution in [0.4, 0.5) is 0 Å². The van der Waals surface area contributed by atoms with E-state index in [1.807, 2.05) is 48.5 Å². The minimum atomic E-state index is -0.810. The smallest absolute Gasteiger partial charge is 0.252 e. The molecule has 46 heavy (non-hydrogen) atoms. The molecule has 0 aliphatic rings. The van der Waals surface area contributed by atoms with Gasteiger partial charge in [-0.2, -0.15) is 0 Å². The molecule has 7 N–H and O–H groups in total. The van der Waals surface area contributed by atoms with Crippen LogP contribution in [0.25, 0.3) is 0 Å². The van der Waals surface area contributed by atoms with E-state index in [2.05, 4.69) is 50.7 Å². The van der Waals surface area contributed by atoms with Gasteiger partial charge >= 0.3 is 0 Å². The van der Waals surface area contributed by atoms with Crippen molar-refractivity contribution in [2.24, 2.45) is 17.8 Å². The predicted molar refractivity (Wildman–Crippen MR) is 179 cm³/mol. The van der Waals surface area contributed by atoms with Crippen LogP contribution in [0.3, 0.4) is 0 Å². The van der Waals surface area contributed by atoms with Gasteiger partial charge in [-0.3, -0.25) is 24.0 Å². The first-order valence-electron chi connectivity index (χ1n) is 16.9. The Labute approximate surface area is 275 Å². The van der Waals surface area contributed by atoms with Crippen molar-refractivity contribution >= 4 is 29.5 Å². The molecule has 1 aromatic rings. The number of carbonyl (C=O) groups is 5. The molecule has 0 spiro atoms. The molecule has 12 nitrogen and oxygen atoms in total. The predicted octanol–water partition coefficient (Wildman–Crippen LogP) is 2.11. The first-order chi connectivity index (χ1) is 21.7. The molecule has 5 atom stereocenters. The summed E-state index contributed by atoms with van der Waals surface area (Å²) in [4.78, 5) is 68.4. The molecule has 0 bridgehead atoms. The van der Waals surface area contributed by atoms with Crippen LogP contribution in [0.15, 0.2) is 24.5 Å². The van der Waals surface area contributed by atoms with Crippen LogP contribution >= 0.6 is 0 Å². The van der Waals surface area contributed by atoms with Crippen LogP contribution in [-0.4, -0.2) is 72.8 Å². The monoisotopic (exact) mass is 646 g/mol. The van der Waals surface area contributed by atoms with Gasteiger partial charge in [-0.05, 0) is 50.4 Å². The average molecular weight is 647 g/mol. The first kappa shape index (κ1) is 40.5. The first-order valence-corrected chi connectivity index (χ1v) is 16.9. The second-order valence-electron chi connectivity index (χ2n) is 13.1. The molecule has 0 radical (unpaired) electrons. The number of nitrogens with one attached hydrogen (secondary N) is 7. The molecule has 0 aliphatic heterocycles. The zero-order valence-corrected chi connectivity index (χ0v) is 29.4. The van der Waals surface area contributed by atoms with Gasteiger partial charge in [-0.1, -0.05) is 61.8 Å². The fourth-order valence-electron chi connectivity index (χ4n) is 5.16. The third-order valence-electron chi connectivity index (χ3n) is 7.56. The summed E-state index contributed by atoms with van der Waals surface area (Å²) in [6.07, 6.45) is 5.92. The van der Waals surface area contributed by atoms with Gasteiger partial charge in [-0.15, -0.1) is 0 Å². The van der Waals surface area contributed by atoms with E-state index in [0.29, 0.717) is 50.8 Å². The number of rotatable bonds is 21. The van der Waals surface area contributed by atoms with Gasteiger partial charge < -0.3 is 31.9 Å². The zero-order valence-electron chi connectivity index (χ0n) is 29.4. The van der Waals surface area contributed by atoms with Crippen molar-refractivity contribution in [2.75, 3.05) is 13.1 Å². The number of aromatic nitrogens is 1. The Bertz CT molecular complexity index is 1100. The summed E-state index contributed by atoms with van der Waals surface area (Å²) in [6.45, 7) is 18.3. The topological polar surface area (TPSA) is 172 Å². The SMILES string of the molecule is CCC[C@H](NC(=O)C(CC(C)C)NC(=O)c1cc[nH+]cc1)C(=O)NC(CN[C@@H](CC)C(=O)NC(C(=O)NCC)C(C)C)CC(C)C. The molecule has 1 aromatic heterocycles. The Morgan fingerprint density at radius 1 is 0.696 bits per heavy atom. The second-order valence-corrected chi connectivity index (χ2v) is 13.1. The molecular weight excluding hydrogens is 586 g/mol. The lowest BCUT2D eigenvalue weighted by molar-refractivity contribution is -0.378. The molecule has 0 saturated carbocycles. The Morgan fingerprint density at radius 3 is 1.80 bits per heavy atom. The molecule has 5 amide bonds. The fraction of sp³-hybridized carbons (Fsp3) is 0.706. The number of aromatic amines is 1. The lowest BCUT2D eigenvalue weighted by atomic mass is 10.0. The number of hydrogen-bond acceptors (Lipinski definition) is 6. The fourth-order valence-corrected chi connectivity index (χ4v) is 5.16.